The summed E-state index contributed by atoms with van der Waals surface area (Å²) in [7, 11) is 0. The molecule has 0 bridgehead atoms. The number of hydrogen-bond acceptors (Lipinski definition) is 2. The van der Waals surface area contributed by atoms with Crippen LogP contribution in [-0.4, -0.2) is 43.1 Å². The first-order valence-corrected chi connectivity index (χ1v) is 7.82. The maximum Gasteiger partial charge on any atom is 0.188 e. The fraction of sp³-hybridized carbons (Fsp3) is 0.933. The summed E-state index contributed by atoms with van der Waals surface area (Å²) >= 11 is 0. The molecule has 1 aliphatic heterocycles. The molecule has 4 heteroatoms. The van der Waals surface area contributed by atoms with E-state index in [4.69, 9.17) is 5.73 Å². The predicted octanol–water partition coefficient (Wildman–Crippen LogP) is 2.06. The van der Waals surface area contributed by atoms with E-state index < -0.39 is 0 Å². The SMILES string of the molecule is CCCNC(N)=NCC(C(C)C)N1CCC(C)CC1. The van der Waals surface area contributed by atoms with Crippen LogP contribution in [0.25, 0.3) is 0 Å². The molecule has 112 valence electrons. The highest BCUT2D eigenvalue weighted by atomic mass is 15.2. The monoisotopic (exact) mass is 268 g/mol. The van der Waals surface area contributed by atoms with E-state index in [9.17, 15) is 0 Å². The quantitative estimate of drug-likeness (QED) is 0.573. The molecule has 0 amide bonds. The van der Waals surface area contributed by atoms with Gasteiger partial charge in [-0.15, -0.1) is 0 Å². The molecule has 0 aromatic heterocycles. The van der Waals surface area contributed by atoms with E-state index in [2.05, 4.69) is 42.9 Å². The van der Waals surface area contributed by atoms with Gasteiger partial charge in [0.2, 0.25) is 0 Å². The molecule has 0 aromatic rings. The lowest BCUT2D eigenvalue weighted by Gasteiger charge is -2.38. The van der Waals surface area contributed by atoms with Gasteiger partial charge in [0.1, 0.15) is 0 Å². The van der Waals surface area contributed by atoms with E-state index in [1.165, 1.54) is 25.9 Å². The minimum atomic E-state index is 0.523. The minimum absolute atomic E-state index is 0.523. The van der Waals surface area contributed by atoms with Gasteiger partial charge in [-0.1, -0.05) is 27.7 Å². The van der Waals surface area contributed by atoms with Gasteiger partial charge < -0.3 is 11.1 Å². The van der Waals surface area contributed by atoms with Crippen molar-refractivity contribution in [2.24, 2.45) is 22.6 Å². The molecule has 1 heterocycles. The Morgan fingerprint density at radius 2 is 2.00 bits per heavy atom. The van der Waals surface area contributed by atoms with Gasteiger partial charge in [-0.05, 0) is 44.2 Å². The minimum Gasteiger partial charge on any atom is -0.370 e. The smallest absolute Gasteiger partial charge is 0.188 e. The molecule has 1 aliphatic rings. The molecule has 1 atom stereocenters. The van der Waals surface area contributed by atoms with Gasteiger partial charge in [-0.3, -0.25) is 9.89 Å². The Kier molecular flexibility index (Phi) is 7.21. The molecule has 0 radical (unpaired) electrons. The van der Waals surface area contributed by atoms with Crippen molar-refractivity contribution in [1.29, 1.82) is 0 Å². The lowest BCUT2D eigenvalue weighted by Crippen LogP contribution is -2.46. The predicted molar refractivity (Wildman–Crippen MR) is 83.4 cm³/mol. The van der Waals surface area contributed by atoms with Crippen LogP contribution < -0.4 is 11.1 Å². The Morgan fingerprint density at radius 3 is 2.53 bits per heavy atom. The summed E-state index contributed by atoms with van der Waals surface area (Å²) in [4.78, 5) is 7.12. The molecule has 1 rings (SSSR count). The standard InChI is InChI=1S/C15H32N4/c1-5-8-17-15(16)18-11-14(12(2)3)19-9-6-13(4)7-10-19/h12-14H,5-11H2,1-4H3,(H3,16,17,18). The zero-order valence-electron chi connectivity index (χ0n) is 13.2. The van der Waals surface area contributed by atoms with Gasteiger partial charge >= 0.3 is 0 Å². The normalized spacial score (nSPS) is 20.8. The number of nitrogens with one attached hydrogen (secondary N) is 1. The van der Waals surface area contributed by atoms with Crippen molar-refractivity contribution in [2.75, 3.05) is 26.2 Å². The lowest BCUT2D eigenvalue weighted by atomic mass is 9.94. The molecule has 19 heavy (non-hydrogen) atoms. The van der Waals surface area contributed by atoms with Crippen LogP contribution in [0, 0.1) is 11.8 Å². The number of likely N-dealkylation sites (tertiary alicyclic amines) is 1. The zero-order chi connectivity index (χ0) is 14.3. The average Bonchev–Trinajstić information content (AvgIpc) is 2.38. The lowest BCUT2D eigenvalue weighted by molar-refractivity contribution is 0.113. The van der Waals surface area contributed by atoms with E-state index in [0.717, 1.165) is 25.4 Å². The van der Waals surface area contributed by atoms with Crippen LogP contribution in [0.15, 0.2) is 4.99 Å². The second-order valence-electron chi connectivity index (χ2n) is 6.18. The van der Waals surface area contributed by atoms with Gasteiger partial charge in [0.05, 0.1) is 6.54 Å². The Morgan fingerprint density at radius 1 is 1.37 bits per heavy atom. The highest BCUT2D eigenvalue weighted by Crippen LogP contribution is 2.21. The van der Waals surface area contributed by atoms with Crippen molar-refractivity contribution in [3.63, 3.8) is 0 Å². The number of nitrogens with two attached hydrogens (primary N) is 1. The maximum absolute atomic E-state index is 5.88. The number of hydrogen-bond donors (Lipinski definition) is 2. The van der Waals surface area contributed by atoms with Crippen molar-refractivity contribution in [3.8, 4) is 0 Å². The zero-order valence-corrected chi connectivity index (χ0v) is 13.2. The molecule has 1 saturated heterocycles. The molecule has 1 fully saturated rings. The molecule has 1 unspecified atom stereocenters. The van der Waals surface area contributed by atoms with Crippen LogP contribution in [0.4, 0.5) is 0 Å². The van der Waals surface area contributed by atoms with Crippen LogP contribution in [0.2, 0.25) is 0 Å². The van der Waals surface area contributed by atoms with Gasteiger partial charge in [-0.2, -0.15) is 0 Å². The second-order valence-corrected chi connectivity index (χ2v) is 6.18. The fourth-order valence-electron chi connectivity index (χ4n) is 2.61. The molecule has 0 spiro atoms. The largest absolute Gasteiger partial charge is 0.370 e. The first-order valence-electron chi connectivity index (χ1n) is 7.82. The van der Waals surface area contributed by atoms with E-state index in [1.54, 1.807) is 0 Å². The first-order chi connectivity index (χ1) is 9.04. The Balaban J connectivity index is 2.48. The van der Waals surface area contributed by atoms with Crippen molar-refractivity contribution in [2.45, 2.75) is 53.0 Å². The Labute approximate surface area is 118 Å². The van der Waals surface area contributed by atoms with E-state index in [0.29, 0.717) is 17.9 Å². The third-order valence-electron chi connectivity index (χ3n) is 4.06. The number of rotatable bonds is 6. The van der Waals surface area contributed by atoms with Crippen LogP contribution in [0.5, 0.6) is 0 Å². The van der Waals surface area contributed by atoms with E-state index in [1.807, 2.05) is 0 Å². The molecule has 4 nitrogen and oxygen atoms in total. The molecule has 0 aromatic carbocycles. The number of piperidine rings is 1. The summed E-state index contributed by atoms with van der Waals surface area (Å²) in [6.07, 6.45) is 3.71. The van der Waals surface area contributed by atoms with Crippen LogP contribution in [0.3, 0.4) is 0 Å². The van der Waals surface area contributed by atoms with Gasteiger partial charge in [0, 0.05) is 12.6 Å². The van der Waals surface area contributed by atoms with Gasteiger partial charge in [-0.25, -0.2) is 0 Å². The van der Waals surface area contributed by atoms with Crippen molar-refractivity contribution in [1.82, 2.24) is 10.2 Å². The molecule has 3 N–H and O–H groups in total. The Bertz CT molecular complexity index is 267. The topological polar surface area (TPSA) is 53.6 Å². The summed E-state index contributed by atoms with van der Waals surface area (Å²) in [6, 6.07) is 0.523. The molecule has 0 saturated carbocycles. The summed E-state index contributed by atoms with van der Waals surface area (Å²) in [6.45, 7) is 13.2. The average molecular weight is 268 g/mol. The maximum atomic E-state index is 5.88. The van der Waals surface area contributed by atoms with Crippen molar-refractivity contribution in [3.05, 3.63) is 0 Å². The van der Waals surface area contributed by atoms with Crippen molar-refractivity contribution >= 4 is 5.96 Å². The van der Waals surface area contributed by atoms with E-state index >= 15 is 0 Å². The third kappa shape index (κ3) is 5.81. The number of nitrogens with zero attached hydrogens (tertiary/aromatic N) is 2. The summed E-state index contributed by atoms with van der Waals surface area (Å²) in [5, 5.41) is 3.15. The Hall–Kier alpha value is -0.770. The van der Waals surface area contributed by atoms with Gasteiger partial charge in [0.15, 0.2) is 5.96 Å². The highest BCUT2D eigenvalue weighted by molar-refractivity contribution is 5.77. The molecular weight excluding hydrogens is 236 g/mol. The summed E-state index contributed by atoms with van der Waals surface area (Å²) in [5.41, 5.74) is 5.88. The van der Waals surface area contributed by atoms with Gasteiger partial charge in [0.25, 0.3) is 0 Å². The molecular formula is C15H32N4. The summed E-state index contributed by atoms with van der Waals surface area (Å²) in [5.74, 6) is 2.10. The second kappa shape index (κ2) is 8.41. The van der Waals surface area contributed by atoms with Crippen LogP contribution in [-0.2, 0) is 0 Å². The van der Waals surface area contributed by atoms with Crippen molar-refractivity contribution < 1.29 is 0 Å². The van der Waals surface area contributed by atoms with E-state index in [-0.39, 0.29) is 0 Å². The van der Waals surface area contributed by atoms with Crippen LogP contribution in [0.1, 0.15) is 47.0 Å². The number of guanidine groups is 1. The molecule has 0 aliphatic carbocycles. The highest BCUT2D eigenvalue weighted by Gasteiger charge is 2.25. The summed E-state index contributed by atoms with van der Waals surface area (Å²) < 4.78 is 0. The third-order valence-corrected chi connectivity index (χ3v) is 4.06. The first kappa shape index (κ1) is 16.3. The fourth-order valence-corrected chi connectivity index (χ4v) is 2.61. The van der Waals surface area contributed by atoms with Crippen LogP contribution >= 0.6 is 0 Å². The number of aliphatic imine (C=N–C) groups is 1.